The molecule has 0 saturated carbocycles. The monoisotopic (exact) mass is 259 g/mol. The molecular weight excluding hydrogens is 250 g/mol. The average Bonchev–Trinajstić information content (AvgIpc) is 2.79. The van der Waals surface area contributed by atoms with Crippen molar-refractivity contribution < 1.29 is 0 Å². The van der Waals surface area contributed by atoms with E-state index in [0.29, 0.717) is 0 Å². The zero-order valence-corrected chi connectivity index (χ0v) is 10.4. The first kappa shape index (κ1) is 11.0. The van der Waals surface area contributed by atoms with Gasteiger partial charge in [0.15, 0.2) is 0 Å². The number of aromatic nitrogens is 1. The summed E-state index contributed by atoms with van der Waals surface area (Å²) in [5, 5.41) is 5.70. The Morgan fingerprint density at radius 3 is 2.80 bits per heavy atom. The molecule has 0 aliphatic carbocycles. The van der Waals surface area contributed by atoms with E-state index >= 15 is 0 Å². The molecule has 1 unspecified atom stereocenters. The summed E-state index contributed by atoms with van der Waals surface area (Å²) in [6.45, 7) is 1.97. The van der Waals surface area contributed by atoms with Crippen LogP contribution in [0, 0.1) is 6.92 Å². The quantitative estimate of drug-likeness (QED) is 0.658. The summed E-state index contributed by atoms with van der Waals surface area (Å²) in [5.41, 5.74) is 3.67. The fourth-order valence-electron chi connectivity index (χ4n) is 1.32. The van der Waals surface area contributed by atoms with Gasteiger partial charge in [-0.3, -0.25) is 5.84 Å². The van der Waals surface area contributed by atoms with Crippen molar-refractivity contribution in [3.05, 3.63) is 37.4 Å². The number of hydrogen-bond acceptors (Lipinski definition) is 5. The van der Waals surface area contributed by atoms with Gasteiger partial charge in [-0.15, -0.1) is 22.7 Å². The van der Waals surface area contributed by atoms with Gasteiger partial charge in [0.1, 0.15) is 0 Å². The molecule has 0 saturated heterocycles. The smallest absolute Gasteiger partial charge is 0.0996 e. The molecule has 3 nitrogen and oxygen atoms in total. The van der Waals surface area contributed by atoms with Crippen LogP contribution in [0.1, 0.15) is 21.6 Å². The van der Waals surface area contributed by atoms with Gasteiger partial charge < -0.3 is 0 Å². The number of hydrazine groups is 1. The third-order valence-electron chi connectivity index (χ3n) is 2.01. The molecule has 0 aliphatic rings. The Morgan fingerprint density at radius 1 is 1.53 bits per heavy atom. The van der Waals surface area contributed by atoms with Crippen LogP contribution in [-0.4, -0.2) is 4.98 Å². The third-order valence-corrected chi connectivity index (χ3v) is 4.22. The van der Waals surface area contributed by atoms with Crippen molar-refractivity contribution in [1.82, 2.24) is 10.4 Å². The standard InChI is InChI=1S/C9H10ClN3S2/c1-5-12-7(4-15-5)8(13-11)9-6(10)2-3-14-9/h2-4,8,13H,11H2,1H3. The van der Waals surface area contributed by atoms with Gasteiger partial charge >= 0.3 is 0 Å². The maximum absolute atomic E-state index is 6.06. The van der Waals surface area contributed by atoms with Crippen LogP contribution in [0.25, 0.3) is 0 Å². The molecule has 80 valence electrons. The van der Waals surface area contributed by atoms with E-state index in [1.807, 2.05) is 23.8 Å². The maximum Gasteiger partial charge on any atom is 0.0996 e. The number of nitrogens with two attached hydrogens (primary N) is 1. The first-order valence-corrected chi connectivity index (χ1v) is 6.47. The maximum atomic E-state index is 6.06. The molecule has 1 atom stereocenters. The fraction of sp³-hybridized carbons (Fsp3) is 0.222. The predicted octanol–water partition coefficient (Wildman–Crippen LogP) is 2.72. The highest BCUT2D eigenvalue weighted by Crippen LogP contribution is 2.32. The Hall–Kier alpha value is -0.460. The Bertz CT molecular complexity index is 452. The lowest BCUT2D eigenvalue weighted by atomic mass is 10.2. The number of nitrogens with zero attached hydrogens (tertiary/aromatic N) is 1. The Balaban J connectivity index is 2.36. The second-order valence-electron chi connectivity index (χ2n) is 3.02. The summed E-state index contributed by atoms with van der Waals surface area (Å²) >= 11 is 9.24. The van der Waals surface area contributed by atoms with Crippen LogP contribution in [0.2, 0.25) is 5.02 Å². The zero-order chi connectivity index (χ0) is 10.8. The van der Waals surface area contributed by atoms with E-state index in [1.54, 1.807) is 22.7 Å². The first-order valence-electron chi connectivity index (χ1n) is 4.33. The van der Waals surface area contributed by atoms with Crippen molar-refractivity contribution >= 4 is 34.3 Å². The Kier molecular flexibility index (Phi) is 3.38. The van der Waals surface area contributed by atoms with Crippen LogP contribution in [0.15, 0.2) is 16.8 Å². The molecule has 0 bridgehead atoms. The lowest BCUT2D eigenvalue weighted by molar-refractivity contribution is 0.632. The molecule has 0 aromatic carbocycles. The molecule has 0 spiro atoms. The fourth-order valence-corrected chi connectivity index (χ4v) is 3.19. The lowest BCUT2D eigenvalue weighted by Gasteiger charge is -2.11. The molecule has 2 aromatic heterocycles. The molecule has 0 amide bonds. The number of hydrogen-bond donors (Lipinski definition) is 2. The van der Waals surface area contributed by atoms with Crippen molar-refractivity contribution in [3.63, 3.8) is 0 Å². The van der Waals surface area contributed by atoms with Crippen molar-refractivity contribution in [3.8, 4) is 0 Å². The summed E-state index contributed by atoms with van der Waals surface area (Å²) in [7, 11) is 0. The second-order valence-corrected chi connectivity index (χ2v) is 5.44. The number of thiazole rings is 1. The summed E-state index contributed by atoms with van der Waals surface area (Å²) in [6.07, 6.45) is 0. The minimum Gasteiger partial charge on any atom is -0.270 e. The largest absolute Gasteiger partial charge is 0.270 e. The Morgan fingerprint density at radius 2 is 2.33 bits per heavy atom. The van der Waals surface area contributed by atoms with Gasteiger partial charge in [-0.1, -0.05) is 11.6 Å². The van der Waals surface area contributed by atoms with Crippen LogP contribution in [-0.2, 0) is 0 Å². The van der Waals surface area contributed by atoms with Crippen molar-refractivity contribution in [1.29, 1.82) is 0 Å². The molecule has 2 rings (SSSR count). The van der Waals surface area contributed by atoms with Crippen LogP contribution in [0.3, 0.4) is 0 Å². The number of aryl methyl sites for hydroxylation is 1. The molecule has 0 radical (unpaired) electrons. The highest BCUT2D eigenvalue weighted by atomic mass is 35.5. The molecule has 2 aromatic rings. The van der Waals surface area contributed by atoms with E-state index < -0.39 is 0 Å². The number of nitrogens with one attached hydrogen (secondary N) is 1. The van der Waals surface area contributed by atoms with Gasteiger partial charge in [-0.05, 0) is 18.4 Å². The predicted molar refractivity (Wildman–Crippen MR) is 65.3 cm³/mol. The van der Waals surface area contributed by atoms with Gasteiger partial charge in [-0.2, -0.15) is 0 Å². The first-order chi connectivity index (χ1) is 7.22. The van der Waals surface area contributed by atoms with Gasteiger partial charge in [-0.25, -0.2) is 10.4 Å². The lowest BCUT2D eigenvalue weighted by Crippen LogP contribution is -2.28. The molecule has 0 aliphatic heterocycles. The van der Waals surface area contributed by atoms with Crippen LogP contribution < -0.4 is 11.3 Å². The number of rotatable bonds is 3. The summed E-state index contributed by atoms with van der Waals surface area (Å²) in [4.78, 5) is 5.41. The van der Waals surface area contributed by atoms with E-state index in [4.69, 9.17) is 17.4 Å². The van der Waals surface area contributed by atoms with Gasteiger partial charge in [0, 0.05) is 10.3 Å². The van der Waals surface area contributed by atoms with E-state index in [9.17, 15) is 0 Å². The molecule has 2 heterocycles. The zero-order valence-electron chi connectivity index (χ0n) is 8.03. The number of thiophene rings is 1. The molecule has 15 heavy (non-hydrogen) atoms. The highest BCUT2D eigenvalue weighted by molar-refractivity contribution is 7.11. The van der Waals surface area contributed by atoms with Gasteiger partial charge in [0.2, 0.25) is 0 Å². The molecular formula is C9H10ClN3S2. The van der Waals surface area contributed by atoms with Crippen LogP contribution >= 0.6 is 34.3 Å². The Labute approximate surface area is 101 Å². The van der Waals surface area contributed by atoms with Crippen molar-refractivity contribution in [2.24, 2.45) is 5.84 Å². The molecule has 0 fully saturated rings. The van der Waals surface area contributed by atoms with E-state index in [2.05, 4.69) is 10.4 Å². The number of halogens is 1. The molecule has 3 N–H and O–H groups in total. The minimum absolute atomic E-state index is 0.109. The highest BCUT2D eigenvalue weighted by Gasteiger charge is 2.19. The van der Waals surface area contributed by atoms with E-state index in [-0.39, 0.29) is 6.04 Å². The molecule has 6 heteroatoms. The summed E-state index contributed by atoms with van der Waals surface area (Å²) in [6, 6.07) is 1.76. The van der Waals surface area contributed by atoms with Crippen LogP contribution in [0.5, 0.6) is 0 Å². The second kappa shape index (κ2) is 4.59. The van der Waals surface area contributed by atoms with Gasteiger partial charge in [0.05, 0.1) is 21.8 Å². The average molecular weight is 260 g/mol. The topological polar surface area (TPSA) is 50.9 Å². The third kappa shape index (κ3) is 2.21. The van der Waals surface area contributed by atoms with E-state index in [0.717, 1.165) is 20.6 Å². The normalized spacial score (nSPS) is 13.0. The summed E-state index contributed by atoms with van der Waals surface area (Å²) in [5.74, 6) is 5.54. The van der Waals surface area contributed by atoms with Crippen molar-refractivity contribution in [2.75, 3.05) is 0 Å². The van der Waals surface area contributed by atoms with Gasteiger partial charge in [0.25, 0.3) is 0 Å². The minimum atomic E-state index is -0.109. The summed E-state index contributed by atoms with van der Waals surface area (Å²) < 4.78 is 0. The van der Waals surface area contributed by atoms with Crippen LogP contribution in [0.4, 0.5) is 0 Å². The SMILES string of the molecule is Cc1nc(C(NN)c2sccc2Cl)cs1. The van der Waals surface area contributed by atoms with E-state index in [1.165, 1.54) is 0 Å². The van der Waals surface area contributed by atoms with Crippen molar-refractivity contribution in [2.45, 2.75) is 13.0 Å².